The number of aromatic carboxylic acids is 1. The number of hydrogen-bond acceptors (Lipinski definition) is 3. The van der Waals surface area contributed by atoms with Crippen LogP contribution in [0.2, 0.25) is 0 Å². The third-order valence-electron chi connectivity index (χ3n) is 4.43. The SMILES string of the molecule is O=C(O)c1ccnc(-n2c(-c3ccccc3)cc3c2CCCC3)n1. The maximum atomic E-state index is 11.3. The molecule has 5 heteroatoms. The van der Waals surface area contributed by atoms with E-state index < -0.39 is 5.97 Å². The summed E-state index contributed by atoms with van der Waals surface area (Å²) in [5.41, 5.74) is 4.62. The molecular formula is C19H17N3O2. The van der Waals surface area contributed by atoms with Gasteiger partial charge in [-0.1, -0.05) is 30.3 Å². The Kier molecular flexibility index (Phi) is 3.61. The Bertz CT molecular complexity index is 900. The average Bonchev–Trinajstić information content (AvgIpc) is 3.02. The maximum absolute atomic E-state index is 11.3. The first-order valence-electron chi connectivity index (χ1n) is 8.09. The lowest BCUT2D eigenvalue weighted by Gasteiger charge is -2.16. The van der Waals surface area contributed by atoms with E-state index in [0.29, 0.717) is 5.95 Å². The fraction of sp³-hybridized carbons (Fsp3) is 0.211. The van der Waals surface area contributed by atoms with Crippen LogP contribution in [0.5, 0.6) is 0 Å². The predicted octanol–water partition coefficient (Wildman–Crippen LogP) is 3.51. The molecule has 1 aliphatic carbocycles. The van der Waals surface area contributed by atoms with E-state index in [1.165, 1.54) is 29.9 Å². The van der Waals surface area contributed by atoms with Gasteiger partial charge in [0.15, 0.2) is 5.69 Å². The summed E-state index contributed by atoms with van der Waals surface area (Å²) in [6.45, 7) is 0. The molecule has 24 heavy (non-hydrogen) atoms. The molecule has 1 N–H and O–H groups in total. The molecule has 5 nitrogen and oxygen atoms in total. The average molecular weight is 319 g/mol. The summed E-state index contributed by atoms with van der Waals surface area (Å²) in [5.74, 6) is -0.613. The fourth-order valence-corrected chi connectivity index (χ4v) is 3.32. The van der Waals surface area contributed by atoms with Gasteiger partial charge >= 0.3 is 5.97 Å². The third kappa shape index (κ3) is 2.48. The second-order valence-electron chi connectivity index (χ2n) is 5.96. The number of benzene rings is 1. The number of hydrogen-bond donors (Lipinski definition) is 1. The Morgan fingerprint density at radius 3 is 2.67 bits per heavy atom. The molecule has 3 aromatic rings. The first-order valence-corrected chi connectivity index (χ1v) is 8.09. The Morgan fingerprint density at radius 1 is 1.08 bits per heavy atom. The largest absolute Gasteiger partial charge is 0.477 e. The Hall–Kier alpha value is -2.95. The fourth-order valence-electron chi connectivity index (χ4n) is 3.32. The van der Waals surface area contributed by atoms with Crippen LogP contribution in [0.1, 0.15) is 34.6 Å². The van der Waals surface area contributed by atoms with E-state index in [1.54, 1.807) is 0 Å². The standard InChI is InChI=1S/C19H17N3O2/c23-18(24)15-10-11-20-19(21-15)22-16-9-5-4-8-14(16)12-17(22)13-6-2-1-3-7-13/h1-3,6-7,10-12H,4-5,8-9H2,(H,23,24). The zero-order valence-electron chi connectivity index (χ0n) is 13.1. The molecule has 2 aromatic heterocycles. The summed E-state index contributed by atoms with van der Waals surface area (Å²) in [7, 11) is 0. The van der Waals surface area contributed by atoms with Crippen LogP contribution in [0.4, 0.5) is 0 Å². The molecule has 0 atom stereocenters. The highest BCUT2D eigenvalue weighted by Gasteiger charge is 2.22. The van der Waals surface area contributed by atoms with Gasteiger partial charge in [0.05, 0.1) is 5.69 Å². The predicted molar refractivity (Wildman–Crippen MR) is 90.4 cm³/mol. The lowest BCUT2D eigenvalue weighted by molar-refractivity contribution is 0.0690. The first-order chi connectivity index (χ1) is 11.7. The van der Waals surface area contributed by atoms with E-state index >= 15 is 0 Å². The number of carboxylic acids is 1. The topological polar surface area (TPSA) is 68.0 Å². The summed E-state index contributed by atoms with van der Waals surface area (Å²) in [4.78, 5) is 19.9. The van der Waals surface area contributed by atoms with Crippen molar-refractivity contribution in [1.29, 1.82) is 0 Å². The summed E-state index contributed by atoms with van der Waals surface area (Å²) < 4.78 is 2.02. The number of carbonyl (C=O) groups is 1. The second-order valence-corrected chi connectivity index (χ2v) is 5.96. The van der Waals surface area contributed by atoms with Crippen LogP contribution in [0.25, 0.3) is 17.2 Å². The molecule has 0 unspecified atom stereocenters. The highest BCUT2D eigenvalue weighted by Crippen LogP contribution is 2.32. The molecular weight excluding hydrogens is 302 g/mol. The van der Waals surface area contributed by atoms with E-state index in [-0.39, 0.29) is 5.69 Å². The summed E-state index contributed by atoms with van der Waals surface area (Å²) in [6, 6.07) is 13.7. The molecule has 0 amide bonds. The first kappa shape index (κ1) is 14.6. The molecule has 4 rings (SSSR count). The molecule has 2 heterocycles. The van der Waals surface area contributed by atoms with E-state index in [0.717, 1.165) is 30.5 Å². The highest BCUT2D eigenvalue weighted by atomic mass is 16.4. The van der Waals surface area contributed by atoms with Gasteiger partial charge in [-0.2, -0.15) is 0 Å². The molecule has 0 bridgehead atoms. The minimum atomic E-state index is -1.04. The molecule has 120 valence electrons. The van der Waals surface area contributed by atoms with Gasteiger partial charge in [0.25, 0.3) is 0 Å². The number of rotatable bonds is 3. The smallest absolute Gasteiger partial charge is 0.354 e. The Labute approximate surface area is 139 Å². The lowest BCUT2D eigenvalue weighted by Crippen LogP contribution is -2.12. The second kappa shape index (κ2) is 5.92. The van der Waals surface area contributed by atoms with Crippen LogP contribution in [-0.4, -0.2) is 25.6 Å². The molecule has 0 saturated heterocycles. The van der Waals surface area contributed by atoms with Gasteiger partial charge in [-0.3, -0.25) is 4.57 Å². The van der Waals surface area contributed by atoms with Gasteiger partial charge in [0.1, 0.15) is 0 Å². The van der Waals surface area contributed by atoms with Gasteiger partial charge in [-0.15, -0.1) is 0 Å². The van der Waals surface area contributed by atoms with Crippen molar-refractivity contribution in [2.75, 3.05) is 0 Å². The quantitative estimate of drug-likeness (QED) is 0.802. The number of fused-ring (bicyclic) bond motifs is 1. The monoisotopic (exact) mass is 319 g/mol. The normalized spacial score (nSPS) is 13.5. The maximum Gasteiger partial charge on any atom is 0.354 e. The van der Waals surface area contributed by atoms with Gasteiger partial charge in [-0.05, 0) is 48.9 Å². The summed E-state index contributed by atoms with van der Waals surface area (Å²) in [6.07, 6.45) is 5.82. The molecule has 0 fully saturated rings. The molecule has 0 saturated carbocycles. The van der Waals surface area contributed by atoms with Crippen LogP contribution >= 0.6 is 0 Å². The summed E-state index contributed by atoms with van der Waals surface area (Å²) in [5, 5.41) is 9.23. The van der Waals surface area contributed by atoms with Crippen molar-refractivity contribution in [2.45, 2.75) is 25.7 Å². The van der Waals surface area contributed by atoms with E-state index in [4.69, 9.17) is 0 Å². The van der Waals surface area contributed by atoms with Gasteiger partial charge in [0, 0.05) is 11.9 Å². The van der Waals surface area contributed by atoms with Crippen LogP contribution in [0.15, 0.2) is 48.7 Å². The van der Waals surface area contributed by atoms with Crippen molar-refractivity contribution in [2.24, 2.45) is 0 Å². The Balaban J connectivity index is 1.95. The van der Waals surface area contributed by atoms with Gasteiger partial charge < -0.3 is 5.11 Å². The number of carboxylic acid groups (broad SMARTS) is 1. The zero-order valence-corrected chi connectivity index (χ0v) is 13.1. The van der Waals surface area contributed by atoms with Crippen LogP contribution in [0, 0.1) is 0 Å². The van der Waals surface area contributed by atoms with E-state index in [9.17, 15) is 9.90 Å². The molecule has 1 aliphatic rings. The summed E-state index contributed by atoms with van der Waals surface area (Å²) >= 11 is 0. The molecule has 0 aliphatic heterocycles. The van der Waals surface area contributed by atoms with Crippen molar-refractivity contribution in [3.63, 3.8) is 0 Å². The van der Waals surface area contributed by atoms with Crippen molar-refractivity contribution in [3.8, 4) is 17.2 Å². The van der Waals surface area contributed by atoms with Crippen LogP contribution < -0.4 is 0 Å². The lowest BCUT2D eigenvalue weighted by atomic mass is 9.98. The molecule has 1 aromatic carbocycles. The number of aromatic nitrogens is 3. The zero-order chi connectivity index (χ0) is 16.5. The van der Waals surface area contributed by atoms with Crippen LogP contribution in [-0.2, 0) is 12.8 Å². The van der Waals surface area contributed by atoms with Crippen LogP contribution in [0.3, 0.4) is 0 Å². The minimum Gasteiger partial charge on any atom is -0.477 e. The number of aryl methyl sites for hydroxylation is 1. The van der Waals surface area contributed by atoms with Crippen molar-refractivity contribution < 1.29 is 9.90 Å². The van der Waals surface area contributed by atoms with E-state index in [1.807, 2.05) is 22.8 Å². The van der Waals surface area contributed by atoms with Gasteiger partial charge in [-0.25, -0.2) is 14.8 Å². The van der Waals surface area contributed by atoms with Crippen molar-refractivity contribution >= 4 is 5.97 Å². The van der Waals surface area contributed by atoms with Crippen molar-refractivity contribution in [3.05, 3.63) is 65.6 Å². The third-order valence-corrected chi connectivity index (χ3v) is 4.43. The van der Waals surface area contributed by atoms with Crippen molar-refractivity contribution in [1.82, 2.24) is 14.5 Å². The molecule has 0 spiro atoms. The van der Waals surface area contributed by atoms with Gasteiger partial charge in [0.2, 0.25) is 5.95 Å². The minimum absolute atomic E-state index is 0.0114. The van der Waals surface area contributed by atoms with E-state index in [2.05, 4.69) is 28.2 Å². The Morgan fingerprint density at radius 2 is 1.88 bits per heavy atom. The highest BCUT2D eigenvalue weighted by molar-refractivity contribution is 5.85. The number of nitrogens with zero attached hydrogens (tertiary/aromatic N) is 3. The molecule has 0 radical (unpaired) electrons.